The van der Waals surface area contributed by atoms with Gasteiger partial charge in [0.1, 0.15) is 31.6 Å². The Labute approximate surface area is 216 Å². The molecule has 0 saturated carbocycles. The van der Waals surface area contributed by atoms with Gasteiger partial charge in [-0.15, -0.1) is 0 Å². The van der Waals surface area contributed by atoms with E-state index in [0.29, 0.717) is 30.8 Å². The molecule has 2 heterocycles. The molecule has 3 aromatic carbocycles. The molecule has 38 heavy (non-hydrogen) atoms. The van der Waals surface area contributed by atoms with Crippen LogP contribution in [0.25, 0.3) is 0 Å². The molecule has 2 aliphatic rings. The Hall–Kier alpha value is -2.95. The number of nitrogens with zero attached hydrogens (tertiary/aromatic N) is 1. The molecule has 2 unspecified atom stereocenters. The van der Waals surface area contributed by atoms with E-state index in [1.165, 1.54) is 12.1 Å². The largest absolute Gasteiger partial charge is 0.416 e. The third-order valence-corrected chi connectivity index (χ3v) is 7.03. The van der Waals surface area contributed by atoms with E-state index in [2.05, 4.69) is 0 Å². The standard InChI is InChI=1S/C27H23F7NO2.CH4/c28-22-8-6-18(7-9-22)24-25-36-11-10-35(24,15-17-4-2-1-3-5-17)16-23(37-25)19-12-20(26(29,30)31)14-21(13-19)27(32,33)34;/h1-9,12-14,23-25H,10-11,15-16H2;1H4/q+1;/t23?,24-,25+,35?;/m0./s1. The van der Waals surface area contributed by atoms with Gasteiger partial charge in [-0.05, 0) is 48.0 Å². The maximum atomic E-state index is 13.7. The monoisotopic (exact) mass is 542 g/mol. The lowest BCUT2D eigenvalue weighted by molar-refractivity contribution is -0.997. The Morgan fingerprint density at radius 1 is 0.789 bits per heavy atom. The molecule has 10 heteroatoms. The zero-order valence-corrected chi connectivity index (χ0v) is 19.4. The zero-order chi connectivity index (χ0) is 26.4. The highest BCUT2D eigenvalue weighted by Gasteiger charge is 2.54. The Balaban J connectivity index is 0.00000336. The van der Waals surface area contributed by atoms with Gasteiger partial charge in [0.25, 0.3) is 0 Å². The second kappa shape index (κ2) is 10.3. The Bertz CT molecular complexity index is 1210. The van der Waals surface area contributed by atoms with Crippen molar-refractivity contribution >= 4 is 0 Å². The SMILES string of the molecule is C.Fc1ccc([C@H]2[C@@H]3OCC[N+]2(Cc2ccccc2)CC(c2cc(C(F)(F)F)cc(C(F)(F)F)c2)O3)cc1. The topological polar surface area (TPSA) is 18.5 Å². The van der Waals surface area contributed by atoms with E-state index in [9.17, 15) is 30.7 Å². The number of hydrogen-bond acceptors (Lipinski definition) is 2. The molecular formula is C28H27F7NO2+. The first-order chi connectivity index (χ1) is 17.4. The fourth-order valence-corrected chi connectivity index (χ4v) is 5.36. The van der Waals surface area contributed by atoms with Gasteiger partial charge in [0.15, 0.2) is 6.04 Å². The molecular weight excluding hydrogens is 515 g/mol. The first kappa shape index (κ1) is 28.1. The van der Waals surface area contributed by atoms with Crippen LogP contribution < -0.4 is 0 Å². The number of benzene rings is 3. The second-order valence-corrected chi connectivity index (χ2v) is 9.47. The number of morpholine rings is 2. The van der Waals surface area contributed by atoms with Crippen molar-refractivity contribution in [1.29, 1.82) is 0 Å². The lowest BCUT2D eigenvalue weighted by atomic mass is 9.92. The highest BCUT2D eigenvalue weighted by atomic mass is 19.4. The predicted molar refractivity (Wildman–Crippen MR) is 126 cm³/mol. The van der Waals surface area contributed by atoms with E-state index >= 15 is 0 Å². The van der Waals surface area contributed by atoms with Crippen molar-refractivity contribution in [2.24, 2.45) is 0 Å². The number of quaternary nitrogens is 1. The van der Waals surface area contributed by atoms with Crippen molar-refractivity contribution in [3.8, 4) is 0 Å². The molecule has 0 aromatic heterocycles. The summed E-state index contributed by atoms with van der Waals surface area (Å²) in [6.45, 7) is 1.28. The number of halogens is 7. The molecule has 3 nitrogen and oxygen atoms in total. The zero-order valence-electron chi connectivity index (χ0n) is 19.4. The quantitative estimate of drug-likeness (QED) is 0.249. The van der Waals surface area contributed by atoms with Crippen LogP contribution in [0.3, 0.4) is 0 Å². The smallest absolute Gasteiger partial charge is 0.341 e. The van der Waals surface area contributed by atoms with Crippen LogP contribution in [0.15, 0.2) is 72.8 Å². The van der Waals surface area contributed by atoms with Gasteiger partial charge in [-0.1, -0.05) is 37.8 Å². The van der Waals surface area contributed by atoms with E-state index < -0.39 is 47.7 Å². The lowest BCUT2D eigenvalue weighted by Crippen LogP contribution is -2.65. The second-order valence-electron chi connectivity index (χ2n) is 9.47. The van der Waals surface area contributed by atoms with Gasteiger partial charge >= 0.3 is 12.4 Å². The molecule has 204 valence electrons. The maximum Gasteiger partial charge on any atom is 0.416 e. The van der Waals surface area contributed by atoms with Crippen LogP contribution in [-0.2, 0) is 28.4 Å². The van der Waals surface area contributed by atoms with Crippen molar-refractivity contribution in [3.63, 3.8) is 0 Å². The summed E-state index contributed by atoms with van der Waals surface area (Å²) in [4.78, 5) is 0. The van der Waals surface area contributed by atoms with Crippen LogP contribution in [0.1, 0.15) is 47.4 Å². The Kier molecular flexibility index (Phi) is 7.62. The molecule has 2 saturated heterocycles. The minimum Gasteiger partial charge on any atom is -0.341 e. The summed E-state index contributed by atoms with van der Waals surface area (Å²) in [5.74, 6) is -0.433. The number of hydrogen-bond donors (Lipinski definition) is 0. The first-order valence-corrected chi connectivity index (χ1v) is 11.7. The fraction of sp³-hybridized carbons (Fsp3) is 0.357. The number of fused-ring (bicyclic) bond motifs is 2. The summed E-state index contributed by atoms with van der Waals surface area (Å²) in [6.07, 6.45) is -12.0. The third kappa shape index (κ3) is 5.57. The van der Waals surface area contributed by atoms with E-state index in [1.807, 2.05) is 30.3 Å². The van der Waals surface area contributed by atoms with Crippen LogP contribution in [0.4, 0.5) is 30.7 Å². The average molecular weight is 543 g/mol. The summed E-state index contributed by atoms with van der Waals surface area (Å²) < 4.78 is 107. The predicted octanol–water partition coefficient (Wildman–Crippen LogP) is 7.69. The molecule has 5 rings (SSSR count). The Morgan fingerprint density at radius 2 is 1.39 bits per heavy atom. The maximum absolute atomic E-state index is 13.7. The van der Waals surface area contributed by atoms with Crippen molar-refractivity contribution < 1.29 is 44.7 Å². The van der Waals surface area contributed by atoms with Gasteiger partial charge in [-0.25, -0.2) is 4.39 Å². The number of rotatable bonds is 4. The summed E-state index contributed by atoms with van der Waals surface area (Å²) in [5, 5.41) is 0. The summed E-state index contributed by atoms with van der Waals surface area (Å²) in [6, 6.07) is 16.3. The first-order valence-electron chi connectivity index (χ1n) is 11.7. The number of alkyl halides is 6. The van der Waals surface area contributed by atoms with E-state index in [4.69, 9.17) is 9.47 Å². The highest BCUT2D eigenvalue weighted by Crippen LogP contribution is 2.48. The van der Waals surface area contributed by atoms with Gasteiger partial charge in [0.2, 0.25) is 6.29 Å². The van der Waals surface area contributed by atoms with Gasteiger partial charge in [0, 0.05) is 11.1 Å². The molecule has 0 aliphatic carbocycles. The molecule has 2 aliphatic heterocycles. The van der Waals surface area contributed by atoms with Gasteiger partial charge < -0.3 is 14.0 Å². The van der Waals surface area contributed by atoms with Crippen molar-refractivity contribution in [1.82, 2.24) is 0 Å². The average Bonchev–Trinajstić information content (AvgIpc) is 2.83. The van der Waals surface area contributed by atoms with Gasteiger partial charge in [-0.3, -0.25) is 0 Å². The number of ether oxygens (including phenoxy) is 2. The molecule has 2 fully saturated rings. The minimum absolute atomic E-state index is 0. The summed E-state index contributed by atoms with van der Waals surface area (Å²) in [5.41, 5.74) is -1.35. The van der Waals surface area contributed by atoms with Crippen LogP contribution in [-0.4, -0.2) is 30.5 Å². The molecule has 0 amide bonds. The molecule has 2 bridgehead atoms. The normalized spacial score (nSPS) is 25.5. The molecule has 4 atom stereocenters. The fourth-order valence-electron chi connectivity index (χ4n) is 5.36. The third-order valence-electron chi connectivity index (χ3n) is 7.03. The van der Waals surface area contributed by atoms with Gasteiger partial charge in [0.05, 0.1) is 17.7 Å². The van der Waals surface area contributed by atoms with Crippen molar-refractivity contribution in [3.05, 3.63) is 106 Å². The van der Waals surface area contributed by atoms with Crippen LogP contribution in [0, 0.1) is 5.82 Å². The van der Waals surface area contributed by atoms with Crippen LogP contribution >= 0.6 is 0 Å². The van der Waals surface area contributed by atoms with Crippen LogP contribution in [0.5, 0.6) is 0 Å². The van der Waals surface area contributed by atoms with E-state index in [1.54, 1.807) is 12.1 Å². The van der Waals surface area contributed by atoms with Crippen molar-refractivity contribution in [2.75, 3.05) is 19.7 Å². The van der Waals surface area contributed by atoms with E-state index in [0.717, 1.165) is 5.56 Å². The Morgan fingerprint density at radius 3 is 1.97 bits per heavy atom. The molecule has 3 aromatic rings. The van der Waals surface area contributed by atoms with Crippen LogP contribution in [0.2, 0.25) is 0 Å². The summed E-state index contributed by atoms with van der Waals surface area (Å²) >= 11 is 0. The van der Waals surface area contributed by atoms with Gasteiger partial charge in [-0.2, -0.15) is 26.3 Å². The lowest BCUT2D eigenvalue weighted by Gasteiger charge is -2.55. The minimum atomic E-state index is -4.97. The molecule has 0 spiro atoms. The van der Waals surface area contributed by atoms with Crippen molar-refractivity contribution in [2.45, 2.75) is 44.8 Å². The summed E-state index contributed by atoms with van der Waals surface area (Å²) in [7, 11) is 0. The van der Waals surface area contributed by atoms with E-state index in [-0.39, 0.29) is 36.7 Å². The highest BCUT2D eigenvalue weighted by molar-refractivity contribution is 5.35. The molecule has 0 radical (unpaired) electrons. The molecule has 0 N–H and O–H groups in total.